The third kappa shape index (κ3) is 4.36. The van der Waals surface area contributed by atoms with E-state index in [4.69, 9.17) is 11.6 Å². The van der Waals surface area contributed by atoms with Crippen molar-refractivity contribution in [2.75, 3.05) is 19.6 Å². The number of benzene rings is 1. The zero-order valence-corrected chi connectivity index (χ0v) is 14.5. The van der Waals surface area contributed by atoms with Gasteiger partial charge in [0, 0.05) is 38.1 Å². The van der Waals surface area contributed by atoms with Crippen molar-refractivity contribution in [3.05, 3.63) is 53.3 Å². The van der Waals surface area contributed by atoms with Gasteiger partial charge in [-0.1, -0.05) is 23.7 Å². The van der Waals surface area contributed by atoms with Gasteiger partial charge in [-0.2, -0.15) is 5.10 Å². The maximum Gasteiger partial charge on any atom is 0.255 e. The fourth-order valence-corrected chi connectivity index (χ4v) is 3.29. The summed E-state index contributed by atoms with van der Waals surface area (Å²) in [7, 11) is 0. The van der Waals surface area contributed by atoms with E-state index in [0.717, 1.165) is 45.4 Å². The van der Waals surface area contributed by atoms with E-state index in [0.29, 0.717) is 16.6 Å². The molecule has 6 heteroatoms. The van der Waals surface area contributed by atoms with Crippen LogP contribution in [0, 0.1) is 0 Å². The molecule has 0 atom stereocenters. The van der Waals surface area contributed by atoms with E-state index in [-0.39, 0.29) is 5.91 Å². The van der Waals surface area contributed by atoms with E-state index >= 15 is 0 Å². The topological polar surface area (TPSA) is 50.2 Å². The fourth-order valence-electron chi connectivity index (χ4n) is 3.07. The summed E-state index contributed by atoms with van der Waals surface area (Å²) in [6.07, 6.45) is 6.81. The van der Waals surface area contributed by atoms with Crippen LogP contribution in [0.1, 0.15) is 29.6 Å². The molecule has 2 aromatic rings. The molecule has 1 aromatic heterocycles. The van der Waals surface area contributed by atoms with Crippen LogP contribution in [0.5, 0.6) is 0 Å². The summed E-state index contributed by atoms with van der Waals surface area (Å²) in [4.78, 5) is 14.4. The maximum absolute atomic E-state index is 12.5. The first-order valence-electron chi connectivity index (χ1n) is 8.48. The molecule has 0 saturated carbocycles. The van der Waals surface area contributed by atoms with Crippen LogP contribution in [0.2, 0.25) is 5.02 Å². The third-order valence-electron chi connectivity index (χ3n) is 4.44. The number of aromatic nitrogens is 2. The van der Waals surface area contributed by atoms with Gasteiger partial charge in [0.25, 0.3) is 5.91 Å². The number of likely N-dealkylation sites (tertiary alicyclic amines) is 1. The van der Waals surface area contributed by atoms with Crippen LogP contribution in [0.25, 0.3) is 0 Å². The Morgan fingerprint density at radius 1 is 1.25 bits per heavy atom. The summed E-state index contributed by atoms with van der Waals surface area (Å²) in [6.45, 7) is 3.47. The first kappa shape index (κ1) is 17.0. The number of nitrogens with one attached hydrogen (secondary N) is 1. The summed E-state index contributed by atoms with van der Waals surface area (Å²) in [5, 5.41) is 8.32. The second kappa shape index (κ2) is 8.31. The standard InChI is InChI=1S/C18H23ClN4O/c19-17-6-2-1-5-16(17)18(24)22-13-7-15(8-14-22)20-9-3-11-23-12-4-10-21-23/h1-2,4-6,10,12,15,20H,3,7-9,11,13-14H2. The Morgan fingerprint density at radius 2 is 2.04 bits per heavy atom. The number of hydrogen-bond acceptors (Lipinski definition) is 3. The molecule has 0 unspecified atom stereocenters. The van der Waals surface area contributed by atoms with Crippen LogP contribution in [0.15, 0.2) is 42.7 Å². The van der Waals surface area contributed by atoms with Gasteiger partial charge in [0.05, 0.1) is 10.6 Å². The summed E-state index contributed by atoms with van der Waals surface area (Å²) in [5.74, 6) is 0.0396. The van der Waals surface area contributed by atoms with Crippen molar-refractivity contribution >= 4 is 17.5 Å². The van der Waals surface area contributed by atoms with E-state index in [1.54, 1.807) is 18.3 Å². The number of carbonyl (C=O) groups is 1. The highest BCUT2D eigenvalue weighted by molar-refractivity contribution is 6.33. The number of hydrogen-bond donors (Lipinski definition) is 1. The normalized spacial score (nSPS) is 15.6. The molecule has 5 nitrogen and oxygen atoms in total. The Balaban J connectivity index is 1.39. The monoisotopic (exact) mass is 346 g/mol. The molecule has 1 aliphatic rings. The van der Waals surface area contributed by atoms with E-state index in [9.17, 15) is 4.79 Å². The number of carbonyl (C=O) groups excluding carboxylic acids is 1. The molecule has 1 N–H and O–H groups in total. The Bertz CT molecular complexity index is 651. The average Bonchev–Trinajstić information content (AvgIpc) is 3.13. The van der Waals surface area contributed by atoms with Gasteiger partial charge >= 0.3 is 0 Å². The second-order valence-electron chi connectivity index (χ2n) is 6.12. The molecule has 1 aromatic carbocycles. The highest BCUT2D eigenvalue weighted by Crippen LogP contribution is 2.19. The maximum atomic E-state index is 12.5. The zero-order chi connectivity index (χ0) is 16.8. The number of piperidine rings is 1. The minimum Gasteiger partial charge on any atom is -0.338 e. The molecule has 0 bridgehead atoms. The fraction of sp³-hybridized carbons (Fsp3) is 0.444. The Hall–Kier alpha value is -1.85. The molecule has 128 valence electrons. The molecule has 24 heavy (non-hydrogen) atoms. The van der Waals surface area contributed by atoms with Crippen molar-refractivity contribution in [2.45, 2.75) is 31.8 Å². The SMILES string of the molecule is O=C(c1ccccc1Cl)N1CCC(NCCCn2cccn2)CC1. The Kier molecular flexibility index (Phi) is 5.88. The van der Waals surface area contributed by atoms with Crippen LogP contribution < -0.4 is 5.32 Å². The number of aryl methyl sites for hydroxylation is 1. The van der Waals surface area contributed by atoms with E-state index < -0.39 is 0 Å². The Labute approximate surface area is 147 Å². The number of halogens is 1. The van der Waals surface area contributed by atoms with Crippen LogP contribution in [-0.2, 0) is 6.54 Å². The van der Waals surface area contributed by atoms with Crippen molar-refractivity contribution in [3.8, 4) is 0 Å². The largest absolute Gasteiger partial charge is 0.338 e. The predicted octanol–water partition coefficient (Wildman–Crippen LogP) is 2.82. The van der Waals surface area contributed by atoms with Crippen molar-refractivity contribution in [1.29, 1.82) is 0 Å². The lowest BCUT2D eigenvalue weighted by molar-refractivity contribution is 0.0705. The molecule has 1 amide bonds. The van der Waals surface area contributed by atoms with E-state index in [1.165, 1.54) is 0 Å². The van der Waals surface area contributed by atoms with Crippen molar-refractivity contribution in [2.24, 2.45) is 0 Å². The first-order valence-corrected chi connectivity index (χ1v) is 8.86. The molecule has 0 radical (unpaired) electrons. The van der Waals surface area contributed by atoms with Crippen molar-refractivity contribution in [3.63, 3.8) is 0 Å². The van der Waals surface area contributed by atoms with Gasteiger partial charge in [-0.25, -0.2) is 0 Å². The van der Waals surface area contributed by atoms with Gasteiger partial charge in [-0.3, -0.25) is 9.48 Å². The molecule has 1 saturated heterocycles. The smallest absolute Gasteiger partial charge is 0.255 e. The summed E-state index contributed by atoms with van der Waals surface area (Å²) in [6, 6.07) is 9.69. The molecular formula is C18H23ClN4O. The molecular weight excluding hydrogens is 324 g/mol. The third-order valence-corrected chi connectivity index (χ3v) is 4.77. The minimum atomic E-state index is 0.0396. The summed E-state index contributed by atoms with van der Waals surface area (Å²) < 4.78 is 1.95. The minimum absolute atomic E-state index is 0.0396. The number of rotatable bonds is 6. The van der Waals surface area contributed by atoms with Gasteiger partial charge < -0.3 is 10.2 Å². The Morgan fingerprint density at radius 3 is 2.75 bits per heavy atom. The highest BCUT2D eigenvalue weighted by atomic mass is 35.5. The van der Waals surface area contributed by atoms with Gasteiger partial charge in [-0.15, -0.1) is 0 Å². The molecule has 1 aliphatic heterocycles. The van der Waals surface area contributed by atoms with E-state index in [2.05, 4.69) is 10.4 Å². The first-order chi connectivity index (χ1) is 11.7. The van der Waals surface area contributed by atoms with Gasteiger partial charge in [-0.05, 0) is 44.0 Å². The average molecular weight is 347 g/mol. The molecule has 0 spiro atoms. The molecule has 3 rings (SSSR count). The summed E-state index contributed by atoms with van der Waals surface area (Å²) in [5.41, 5.74) is 0.602. The lowest BCUT2D eigenvalue weighted by Crippen LogP contribution is -2.45. The van der Waals surface area contributed by atoms with Crippen LogP contribution in [0.4, 0.5) is 0 Å². The molecule has 1 fully saturated rings. The highest BCUT2D eigenvalue weighted by Gasteiger charge is 2.24. The zero-order valence-electron chi connectivity index (χ0n) is 13.7. The van der Waals surface area contributed by atoms with Gasteiger partial charge in [0.2, 0.25) is 0 Å². The predicted molar refractivity (Wildman–Crippen MR) is 95.2 cm³/mol. The number of nitrogens with zero attached hydrogens (tertiary/aromatic N) is 3. The van der Waals surface area contributed by atoms with Gasteiger partial charge in [0.15, 0.2) is 0 Å². The summed E-state index contributed by atoms with van der Waals surface area (Å²) >= 11 is 6.13. The van der Waals surface area contributed by atoms with Gasteiger partial charge in [0.1, 0.15) is 0 Å². The molecule has 0 aliphatic carbocycles. The van der Waals surface area contributed by atoms with Crippen LogP contribution in [-0.4, -0.2) is 46.3 Å². The second-order valence-corrected chi connectivity index (χ2v) is 6.53. The lowest BCUT2D eigenvalue weighted by Gasteiger charge is -2.32. The van der Waals surface area contributed by atoms with Crippen molar-refractivity contribution < 1.29 is 4.79 Å². The quantitative estimate of drug-likeness (QED) is 0.818. The molecule has 2 heterocycles. The van der Waals surface area contributed by atoms with Crippen LogP contribution in [0.3, 0.4) is 0 Å². The number of amides is 1. The van der Waals surface area contributed by atoms with Crippen molar-refractivity contribution in [1.82, 2.24) is 20.0 Å². The van der Waals surface area contributed by atoms with E-state index in [1.807, 2.05) is 34.0 Å². The lowest BCUT2D eigenvalue weighted by atomic mass is 10.0. The van der Waals surface area contributed by atoms with Crippen LogP contribution >= 0.6 is 11.6 Å².